The van der Waals surface area contributed by atoms with Gasteiger partial charge in [-0.15, -0.1) is 0 Å². The van der Waals surface area contributed by atoms with Gasteiger partial charge in [0.25, 0.3) is 11.5 Å². The van der Waals surface area contributed by atoms with Crippen LogP contribution in [0.15, 0.2) is 53.6 Å². The van der Waals surface area contributed by atoms with Crippen molar-refractivity contribution in [1.29, 1.82) is 5.26 Å². The van der Waals surface area contributed by atoms with Gasteiger partial charge in [0.2, 0.25) is 0 Å². The standard InChI is InChI=1S/C19H14F3N5O2/c1-11(19(20,21)22)26-17(28)14-6-7-16(24-9-14)27-18(29)15(10-25-27)13-4-2-12(8-23)3-5-13/h2-7,9-11,25H,1H3,(H,26,28)/t11-/m1/s1. The SMILES string of the molecule is C[C@@H](NC(=O)c1ccc(-n2[nH]cc(-c3ccc(C#N)cc3)c2=O)nc1)C(F)(F)F. The molecule has 3 aromatic rings. The van der Waals surface area contributed by atoms with Crippen molar-refractivity contribution in [3.8, 4) is 23.0 Å². The fourth-order valence-electron chi connectivity index (χ4n) is 2.49. The summed E-state index contributed by atoms with van der Waals surface area (Å²) in [6.45, 7) is 0.836. The van der Waals surface area contributed by atoms with E-state index in [0.717, 1.165) is 17.8 Å². The summed E-state index contributed by atoms with van der Waals surface area (Å²) in [4.78, 5) is 28.5. The lowest BCUT2D eigenvalue weighted by molar-refractivity contribution is -0.149. The second-order valence-electron chi connectivity index (χ2n) is 6.16. The molecule has 0 aliphatic rings. The first kappa shape index (κ1) is 19.9. The Kier molecular flexibility index (Phi) is 5.23. The van der Waals surface area contributed by atoms with E-state index >= 15 is 0 Å². The summed E-state index contributed by atoms with van der Waals surface area (Å²) in [6.07, 6.45) is -2.00. The molecule has 2 heterocycles. The van der Waals surface area contributed by atoms with Crippen LogP contribution >= 0.6 is 0 Å². The number of amides is 1. The number of carbonyl (C=O) groups excluding carboxylic acids is 1. The average Bonchev–Trinajstić information content (AvgIpc) is 3.08. The summed E-state index contributed by atoms with van der Waals surface area (Å²) in [5.41, 5.74) is 0.917. The predicted molar refractivity (Wildman–Crippen MR) is 97.3 cm³/mol. The van der Waals surface area contributed by atoms with Crippen LogP contribution in [0.2, 0.25) is 0 Å². The zero-order valence-corrected chi connectivity index (χ0v) is 15.0. The van der Waals surface area contributed by atoms with E-state index in [1.54, 1.807) is 24.3 Å². The molecule has 1 amide bonds. The number of aromatic nitrogens is 3. The molecule has 0 spiro atoms. The molecule has 10 heteroatoms. The third-order valence-electron chi connectivity index (χ3n) is 4.17. The first-order valence-corrected chi connectivity index (χ1v) is 8.35. The van der Waals surface area contributed by atoms with Gasteiger partial charge in [0.1, 0.15) is 6.04 Å². The van der Waals surface area contributed by atoms with Gasteiger partial charge in [-0.1, -0.05) is 12.1 Å². The van der Waals surface area contributed by atoms with E-state index in [2.05, 4.69) is 10.1 Å². The monoisotopic (exact) mass is 401 g/mol. The molecular formula is C19H14F3N5O2. The summed E-state index contributed by atoms with van der Waals surface area (Å²) in [6, 6.07) is 9.04. The van der Waals surface area contributed by atoms with Crippen LogP contribution in [-0.4, -0.2) is 32.9 Å². The number of nitriles is 1. The minimum Gasteiger partial charge on any atom is -0.340 e. The van der Waals surface area contributed by atoms with E-state index in [9.17, 15) is 22.8 Å². The maximum atomic E-state index is 12.6. The molecule has 0 radical (unpaired) electrons. The van der Waals surface area contributed by atoms with Gasteiger partial charge in [0, 0.05) is 12.4 Å². The topological polar surface area (TPSA) is 104 Å². The number of alkyl halides is 3. The highest BCUT2D eigenvalue weighted by Crippen LogP contribution is 2.20. The Morgan fingerprint density at radius 3 is 2.48 bits per heavy atom. The Morgan fingerprint density at radius 2 is 1.93 bits per heavy atom. The lowest BCUT2D eigenvalue weighted by Crippen LogP contribution is -2.43. The van der Waals surface area contributed by atoms with Gasteiger partial charge in [0.15, 0.2) is 5.82 Å². The van der Waals surface area contributed by atoms with Crippen LogP contribution in [0.4, 0.5) is 13.2 Å². The van der Waals surface area contributed by atoms with Gasteiger partial charge in [-0.25, -0.2) is 9.67 Å². The fraction of sp³-hybridized carbons (Fsp3) is 0.158. The zero-order valence-electron chi connectivity index (χ0n) is 15.0. The summed E-state index contributed by atoms with van der Waals surface area (Å²) < 4.78 is 38.8. The Labute approximate surface area is 162 Å². The van der Waals surface area contributed by atoms with Crippen LogP contribution in [-0.2, 0) is 0 Å². The number of carbonyl (C=O) groups is 1. The van der Waals surface area contributed by atoms with Crippen LogP contribution < -0.4 is 10.9 Å². The first-order chi connectivity index (χ1) is 13.7. The van der Waals surface area contributed by atoms with Gasteiger partial charge in [-0.05, 0) is 36.8 Å². The van der Waals surface area contributed by atoms with Gasteiger partial charge in [0.05, 0.1) is 22.8 Å². The molecule has 0 bridgehead atoms. The molecule has 7 nitrogen and oxygen atoms in total. The number of hydrogen-bond donors (Lipinski definition) is 2. The summed E-state index contributed by atoms with van der Waals surface area (Å²) >= 11 is 0. The van der Waals surface area contributed by atoms with Crippen molar-refractivity contribution in [3.63, 3.8) is 0 Å². The van der Waals surface area contributed by atoms with Crippen molar-refractivity contribution in [2.45, 2.75) is 19.1 Å². The van der Waals surface area contributed by atoms with Crippen LogP contribution in [0.1, 0.15) is 22.8 Å². The van der Waals surface area contributed by atoms with E-state index in [-0.39, 0.29) is 11.4 Å². The van der Waals surface area contributed by atoms with Gasteiger partial charge in [-0.3, -0.25) is 14.7 Å². The average molecular weight is 401 g/mol. The Bertz CT molecular complexity index is 1120. The number of hydrogen-bond acceptors (Lipinski definition) is 4. The molecule has 2 N–H and O–H groups in total. The number of halogens is 3. The van der Waals surface area contributed by atoms with Gasteiger partial charge >= 0.3 is 6.18 Å². The quantitative estimate of drug-likeness (QED) is 0.702. The highest BCUT2D eigenvalue weighted by atomic mass is 19.4. The van der Waals surface area contributed by atoms with Crippen molar-refractivity contribution < 1.29 is 18.0 Å². The molecule has 1 aromatic carbocycles. The van der Waals surface area contributed by atoms with E-state index in [4.69, 9.17) is 5.26 Å². The lowest BCUT2D eigenvalue weighted by atomic mass is 10.1. The minimum atomic E-state index is -4.55. The van der Waals surface area contributed by atoms with Crippen LogP contribution in [0.3, 0.4) is 0 Å². The molecule has 29 heavy (non-hydrogen) atoms. The smallest absolute Gasteiger partial charge is 0.340 e. The minimum absolute atomic E-state index is 0.0724. The molecule has 2 aromatic heterocycles. The molecule has 3 rings (SSSR count). The van der Waals surface area contributed by atoms with E-state index in [1.807, 2.05) is 11.4 Å². The van der Waals surface area contributed by atoms with Gasteiger partial charge < -0.3 is 5.32 Å². The first-order valence-electron chi connectivity index (χ1n) is 8.35. The molecular weight excluding hydrogens is 387 g/mol. The van der Waals surface area contributed by atoms with E-state index in [1.165, 1.54) is 18.3 Å². The number of aromatic amines is 1. The van der Waals surface area contributed by atoms with Crippen LogP contribution in [0, 0.1) is 11.3 Å². The van der Waals surface area contributed by atoms with E-state index in [0.29, 0.717) is 16.7 Å². The van der Waals surface area contributed by atoms with Crippen LogP contribution in [0.25, 0.3) is 16.9 Å². The second-order valence-corrected chi connectivity index (χ2v) is 6.16. The van der Waals surface area contributed by atoms with E-state index < -0.39 is 23.7 Å². The lowest BCUT2D eigenvalue weighted by Gasteiger charge is -2.17. The Morgan fingerprint density at radius 1 is 1.24 bits per heavy atom. The molecule has 0 unspecified atom stereocenters. The molecule has 0 fully saturated rings. The largest absolute Gasteiger partial charge is 0.408 e. The number of nitrogens with zero attached hydrogens (tertiary/aromatic N) is 3. The van der Waals surface area contributed by atoms with Crippen molar-refractivity contribution in [3.05, 3.63) is 70.3 Å². The highest BCUT2D eigenvalue weighted by molar-refractivity contribution is 5.94. The highest BCUT2D eigenvalue weighted by Gasteiger charge is 2.37. The summed E-state index contributed by atoms with van der Waals surface area (Å²) in [5, 5.41) is 13.4. The third-order valence-corrected chi connectivity index (χ3v) is 4.17. The number of rotatable bonds is 4. The van der Waals surface area contributed by atoms with Crippen molar-refractivity contribution in [2.24, 2.45) is 0 Å². The predicted octanol–water partition coefficient (Wildman–Crippen LogP) is 2.78. The van der Waals surface area contributed by atoms with Gasteiger partial charge in [-0.2, -0.15) is 18.4 Å². The van der Waals surface area contributed by atoms with Crippen molar-refractivity contribution in [1.82, 2.24) is 20.1 Å². The molecule has 148 valence electrons. The fourth-order valence-corrected chi connectivity index (χ4v) is 2.49. The number of pyridine rings is 1. The Balaban J connectivity index is 1.82. The number of nitrogens with one attached hydrogen (secondary N) is 2. The summed E-state index contributed by atoms with van der Waals surface area (Å²) in [5.74, 6) is -0.763. The molecule has 1 atom stereocenters. The molecule has 0 aliphatic carbocycles. The number of H-pyrrole nitrogens is 1. The van der Waals surface area contributed by atoms with Crippen LogP contribution in [0.5, 0.6) is 0 Å². The normalized spacial score (nSPS) is 12.2. The van der Waals surface area contributed by atoms with Crippen molar-refractivity contribution >= 4 is 5.91 Å². The Hall–Kier alpha value is -3.87. The molecule has 0 saturated heterocycles. The third kappa shape index (κ3) is 4.19. The molecule has 0 saturated carbocycles. The molecule has 0 aliphatic heterocycles. The maximum Gasteiger partial charge on any atom is 0.408 e. The maximum absolute atomic E-state index is 12.6. The van der Waals surface area contributed by atoms with Crippen molar-refractivity contribution in [2.75, 3.05) is 0 Å². The second kappa shape index (κ2) is 7.63. The number of benzene rings is 1. The zero-order chi connectivity index (χ0) is 21.2. The summed E-state index contributed by atoms with van der Waals surface area (Å²) in [7, 11) is 0.